The molecule has 3 aromatic carbocycles. The zero-order valence-electron chi connectivity index (χ0n) is 28.0. The molecule has 1 heterocycles. The van der Waals surface area contributed by atoms with Gasteiger partial charge in [-0.2, -0.15) is 0 Å². The molecule has 7 heteroatoms. The van der Waals surface area contributed by atoms with Gasteiger partial charge in [0, 0.05) is 11.8 Å². The van der Waals surface area contributed by atoms with Gasteiger partial charge in [0.25, 0.3) is 0 Å². The number of hydrogen-bond donors (Lipinski definition) is 3. The lowest BCUT2D eigenvalue weighted by atomic mass is 9.97. The standard InChI is InChI=1S/C41H45N7/c1-4-14-35(47-31(3)39-22-10-12-28-45-39)29-46-41(48-40(44)38(43)21-8-5-15-30(2)16-9-11-27-42)34-25-23-33(24-26-34)37-20-13-18-32-17-6-7-19-36(32)37/h5-14,16-28,30H,4,15,29,42-43H2,1-3H3,(H2,44,46,48)/b8-5-,16-9-,27-11-,35-14-,38-21-,47-31?. The number of amidine groups is 2. The van der Waals surface area contributed by atoms with Crippen molar-refractivity contribution in [2.75, 3.05) is 6.54 Å². The molecule has 0 amide bonds. The second-order valence-electron chi connectivity index (χ2n) is 11.3. The Bertz CT molecular complexity index is 1890. The fourth-order valence-corrected chi connectivity index (χ4v) is 4.98. The van der Waals surface area contributed by atoms with Crippen LogP contribution in [0.4, 0.5) is 0 Å². The predicted molar refractivity (Wildman–Crippen MR) is 205 cm³/mol. The van der Waals surface area contributed by atoms with Gasteiger partial charge in [-0.15, -0.1) is 0 Å². The van der Waals surface area contributed by atoms with Crippen molar-refractivity contribution in [2.24, 2.45) is 38.1 Å². The van der Waals surface area contributed by atoms with Crippen LogP contribution in [0.2, 0.25) is 0 Å². The van der Waals surface area contributed by atoms with Crippen LogP contribution in [0.5, 0.6) is 0 Å². The Labute approximate surface area is 284 Å². The summed E-state index contributed by atoms with van der Waals surface area (Å²) in [5.41, 5.74) is 24.1. The van der Waals surface area contributed by atoms with Gasteiger partial charge in [-0.05, 0) is 78.1 Å². The van der Waals surface area contributed by atoms with Crippen molar-refractivity contribution in [2.45, 2.75) is 33.6 Å². The maximum atomic E-state index is 6.44. The zero-order chi connectivity index (χ0) is 34.1. The largest absolute Gasteiger partial charge is 0.405 e. The number of aromatic nitrogens is 1. The number of benzene rings is 3. The summed E-state index contributed by atoms with van der Waals surface area (Å²) in [7, 11) is 0. The Morgan fingerprint density at radius 3 is 2.40 bits per heavy atom. The molecule has 0 aliphatic heterocycles. The van der Waals surface area contributed by atoms with Crippen molar-refractivity contribution in [1.29, 1.82) is 0 Å². The monoisotopic (exact) mass is 635 g/mol. The van der Waals surface area contributed by atoms with E-state index in [0.717, 1.165) is 46.6 Å². The quantitative estimate of drug-likeness (QED) is 0.0776. The Hall–Kier alpha value is -5.82. The zero-order valence-corrected chi connectivity index (χ0v) is 28.0. The minimum atomic E-state index is 0.187. The van der Waals surface area contributed by atoms with Crippen molar-refractivity contribution in [3.8, 4) is 11.1 Å². The second kappa shape index (κ2) is 18.4. The summed E-state index contributed by atoms with van der Waals surface area (Å²) in [6, 6.07) is 28.7. The topological polar surface area (TPSA) is 128 Å². The number of allylic oxidation sites excluding steroid dienone is 7. The van der Waals surface area contributed by atoms with Gasteiger partial charge < -0.3 is 17.2 Å². The lowest BCUT2D eigenvalue weighted by Gasteiger charge is -2.10. The minimum absolute atomic E-state index is 0.187. The number of hydrogen-bond acceptors (Lipinski definition) is 5. The summed E-state index contributed by atoms with van der Waals surface area (Å²) in [6.45, 7) is 6.46. The maximum Gasteiger partial charge on any atom is 0.157 e. The van der Waals surface area contributed by atoms with E-state index in [1.807, 2.05) is 55.5 Å². The number of nitrogens with zero attached hydrogens (tertiary/aromatic N) is 4. The SMILES string of the molecule is CC/C=C(/CN=C(N=C(N)/C(N)=C/C=C\CC(C)/C=C\C=C/N)c1ccc(-c2cccc3ccccc23)cc1)N=C(C)c1ccccn1. The maximum absolute atomic E-state index is 6.44. The van der Waals surface area contributed by atoms with Crippen molar-refractivity contribution in [3.63, 3.8) is 0 Å². The van der Waals surface area contributed by atoms with Gasteiger partial charge in [-0.1, -0.05) is 117 Å². The van der Waals surface area contributed by atoms with E-state index in [-0.39, 0.29) is 5.84 Å². The summed E-state index contributed by atoms with van der Waals surface area (Å²) < 4.78 is 0. The Balaban J connectivity index is 1.65. The molecule has 1 unspecified atom stereocenters. The summed E-state index contributed by atoms with van der Waals surface area (Å²) in [5, 5.41) is 2.39. The Morgan fingerprint density at radius 1 is 0.875 bits per heavy atom. The third-order valence-electron chi connectivity index (χ3n) is 7.52. The molecule has 0 aliphatic rings. The Kier molecular flexibility index (Phi) is 13.4. The first-order valence-corrected chi connectivity index (χ1v) is 16.2. The third kappa shape index (κ3) is 10.4. The molecule has 48 heavy (non-hydrogen) atoms. The van der Waals surface area contributed by atoms with Crippen molar-refractivity contribution in [1.82, 2.24) is 4.98 Å². The molecule has 244 valence electrons. The van der Waals surface area contributed by atoms with E-state index >= 15 is 0 Å². The van der Waals surface area contributed by atoms with E-state index in [2.05, 4.69) is 85.6 Å². The number of nitrogens with two attached hydrogens (primary N) is 3. The molecule has 0 fully saturated rings. The van der Waals surface area contributed by atoms with Crippen LogP contribution in [0.1, 0.15) is 44.9 Å². The molecule has 6 N–H and O–H groups in total. The molecule has 0 saturated heterocycles. The minimum Gasteiger partial charge on any atom is -0.405 e. The van der Waals surface area contributed by atoms with Gasteiger partial charge in [0.05, 0.1) is 29.3 Å². The van der Waals surface area contributed by atoms with Crippen molar-refractivity contribution >= 4 is 28.2 Å². The van der Waals surface area contributed by atoms with Crippen LogP contribution in [-0.4, -0.2) is 28.9 Å². The molecule has 1 atom stereocenters. The molecule has 0 bridgehead atoms. The van der Waals surface area contributed by atoms with Crippen LogP contribution in [0.15, 0.2) is 166 Å². The molecule has 0 radical (unpaired) electrons. The third-order valence-corrected chi connectivity index (χ3v) is 7.52. The molecule has 1 aromatic heterocycles. The van der Waals surface area contributed by atoms with Crippen molar-refractivity contribution < 1.29 is 0 Å². The molecule has 0 spiro atoms. The van der Waals surface area contributed by atoms with Crippen LogP contribution in [0, 0.1) is 5.92 Å². The summed E-state index contributed by atoms with van der Waals surface area (Å²) in [5.74, 6) is 1.01. The average Bonchev–Trinajstić information content (AvgIpc) is 3.12. The lowest BCUT2D eigenvalue weighted by Crippen LogP contribution is -2.22. The predicted octanol–water partition coefficient (Wildman–Crippen LogP) is 8.26. The van der Waals surface area contributed by atoms with Crippen LogP contribution >= 0.6 is 0 Å². The summed E-state index contributed by atoms with van der Waals surface area (Å²) in [4.78, 5) is 18.9. The molecular weight excluding hydrogens is 591 g/mol. The van der Waals surface area contributed by atoms with Gasteiger partial charge >= 0.3 is 0 Å². The molecular formula is C41H45N7. The highest BCUT2D eigenvalue weighted by Crippen LogP contribution is 2.29. The van der Waals surface area contributed by atoms with E-state index in [0.29, 0.717) is 24.0 Å². The second-order valence-corrected chi connectivity index (χ2v) is 11.3. The smallest absolute Gasteiger partial charge is 0.157 e. The normalized spacial score (nSPS) is 14.5. The molecule has 0 aliphatic carbocycles. The van der Waals surface area contributed by atoms with Crippen LogP contribution in [-0.2, 0) is 0 Å². The summed E-state index contributed by atoms with van der Waals surface area (Å²) >= 11 is 0. The molecule has 4 rings (SSSR count). The highest BCUT2D eigenvalue weighted by atomic mass is 15.0. The first-order valence-electron chi connectivity index (χ1n) is 16.2. The van der Waals surface area contributed by atoms with Gasteiger partial charge in [0.2, 0.25) is 0 Å². The van der Waals surface area contributed by atoms with Gasteiger partial charge in [0.1, 0.15) is 5.84 Å². The van der Waals surface area contributed by atoms with E-state index < -0.39 is 0 Å². The number of aliphatic imine (C=N–C) groups is 3. The first-order chi connectivity index (χ1) is 23.4. The van der Waals surface area contributed by atoms with Crippen LogP contribution in [0.25, 0.3) is 21.9 Å². The highest BCUT2D eigenvalue weighted by Gasteiger charge is 2.09. The summed E-state index contributed by atoms with van der Waals surface area (Å²) in [6.07, 6.45) is 18.5. The van der Waals surface area contributed by atoms with Crippen LogP contribution in [0.3, 0.4) is 0 Å². The van der Waals surface area contributed by atoms with E-state index in [1.54, 1.807) is 18.3 Å². The molecule has 7 nitrogen and oxygen atoms in total. The Morgan fingerprint density at radius 2 is 1.65 bits per heavy atom. The van der Waals surface area contributed by atoms with Gasteiger partial charge in [-0.25, -0.2) is 4.99 Å². The molecule has 0 saturated carbocycles. The van der Waals surface area contributed by atoms with Gasteiger partial charge in [0.15, 0.2) is 5.84 Å². The fourth-order valence-electron chi connectivity index (χ4n) is 4.98. The number of rotatable bonds is 13. The van der Waals surface area contributed by atoms with E-state index in [4.69, 9.17) is 32.2 Å². The van der Waals surface area contributed by atoms with E-state index in [9.17, 15) is 0 Å². The highest BCUT2D eigenvalue weighted by molar-refractivity contribution is 6.11. The fraction of sp³-hybridized carbons (Fsp3) is 0.171. The van der Waals surface area contributed by atoms with Gasteiger partial charge in [-0.3, -0.25) is 15.0 Å². The molecule has 4 aromatic rings. The van der Waals surface area contributed by atoms with E-state index in [1.165, 1.54) is 17.0 Å². The van der Waals surface area contributed by atoms with Crippen LogP contribution < -0.4 is 17.2 Å². The lowest BCUT2D eigenvalue weighted by molar-refractivity contribution is 0.744. The first kappa shape index (κ1) is 35.0. The van der Waals surface area contributed by atoms with Crippen molar-refractivity contribution in [3.05, 3.63) is 163 Å². The number of pyridine rings is 1. The average molecular weight is 636 g/mol. The number of fused-ring (bicyclic) bond motifs is 1.